The van der Waals surface area contributed by atoms with Crippen LogP contribution in [0, 0.1) is 0 Å². The second-order valence-electron chi connectivity index (χ2n) is 1.76. The number of rotatable bonds is 2. The maximum Gasteiger partial charge on any atom is 0.446 e. The van der Waals surface area contributed by atoms with Gasteiger partial charge in [-0.1, -0.05) is 0 Å². The van der Waals surface area contributed by atoms with Gasteiger partial charge in [0.25, 0.3) is 0 Å². The van der Waals surface area contributed by atoms with E-state index in [4.69, 9.17) is 10.2 Å². The quantitative estimate of drug-likeness (QED) is 0.347. The molecule has 0 aliphatic carbocycles. The Morgan fingerprint density at radius 1 is 1.27 bits per heavy atom. The second kappa shape index (κ2) is 2.74. The smallest absolute Gasteiger partial charge is 0.356 e. The largest absolute Gasteiger partial charge is 0.446 e. The van der Waals surface area contributed by atoms with E-state index in [0.29, 0.717) is 0 Å². The molecule has 2 N–H and O–H groups in total. The lowest BCUT2D eigenvalue weighted by atomic mass is 10.2. The molecule has 1 atom stereocenters. The van der Waals surface area contributed by atoms with Crippen LogP contribution in [0.2, 0.25) is 0 Å². The molecule has 0 aliphatic rings. The van der Waals surface area contributed by atoms with E-state index in [0.717, 1.165) is 0 Å². The number of aliphatic hydroxyl groups is 2. The van der Waals surface area contributed by atoms with Gasteiger partial charge in [-0.25, -0.2) is 4.39 Å². The third kappa shape index (κ3) is 1.87. The minimum atomic E-state index is -5.58. The van der Waals surface area contributed by atoms with Gasteiger partial charge in [0.05, 0.1) is 0 Å². The molecule has 0 radical (unpaired) electrons. The lowest BCUT2D eigenvalue weighted by Crippen LogP contribution is -2.53. The summed E-state index contributed by atoms with van der Waals surface area (Å²) in [7, 11) is 0. The first-order chi connectivity index (χ1) is 4.73. The van der Waals surface area contributed by atoms with Gasteiger partial charge < -0.3 is 10.2 Å². The van der Waals surface area contributed by atoms with E-state index in [1.54, 1.807) is 0 Å². The highest BCUT2D eigenvalue weighted by molar-refractivity contribution is 5.57. The Morgan fingerprint density at radius 3 is 1.73 bits per heavy atom. The molecule has 0 aromatic carbocycles. The van der Waals surface area contributed by atoms with E-state index in [2.05, 4.69) is 0 Å². The Labute approximate surface area is 58.2 Å². The van der Waals surface area contributed by atoms with Crippen molar-refractivity contribution in [2.75, 3.05) is 0 Å². The Bertz CT molecular complexity index is 152. The summed E-state index contributed by atoms with van der Waals surface area (Å²) in [6, 6.07) is 0. The fourth-order valence-corrected chi connectivity index (χ4v) is 0.251. The number of hydrogen-bond donors (Lipinski definition) is 2. The van der Waals surface area contributed by atoms with Crippen LogP contribution >= 0.6 is 0 Å². The van der Waals surface area contributed by atoms with Crippen LogP contribution in [0.5, 0.6) is 0 Å². The standard InChI is InChI=1S/C4H4F4O3/c5-2(1-9)3(10,11)4(6,7)8/h1-2,10-11H. The summed E-state index contributed by atoms with van der Waals surface area (Å²) in [4.78, 5) is 9.40. The zero-order chi connectivity index (χ0) is 9.28. The summed E-state index contributed by atoms with van der Waals surface area (Å²) < 4.78 is 45.9. The first-order valence-electron chi connectivity index (χ1n) is 2.34. The van der Waals surface area contributed by atoms with Gasteiger partial charge in [0, 0.05) is 0 Å². The first kappa shape index (κ1) is 10.3. The van der Waals surface area contributed by atoms with Gasteiger partial charge in [-0.15, -0.1) is 0 Å². The van der Waals surface area contributed by atoms with Crippen LogP contribution < -0.4 is 0 Å². The minimum absolute atomic E-state index is 0.840. The molecule has 0 aromatic rings. The molecule has 3 nitrogen and oxygen atoms in total. The summed E-state index contributed by atoms with van der Waals surface area (Å²) in [6.45, 7) is 0. The van der Waals surface area contributed by atoms with Crippen LogP contribution in [0.25, 0.3) is 0 Å². The molecule has 66 valence electrons. The van der Waals surface area contributed by atoms with Crippen LogP contribution in [0.15, 0.2) is 0 Å². The van der Waals surface area contributed by atoms with Gasteiger partial charge in [0.1, 0.15) is 0 Å². The number of halogens is 4. The zero-order valence-electron chi connectivity index (χ0n) is 4.97. The zero-order valence-corrected chi connectivity index (χ0v) is 4.97. The third-order valence-corrected chi connectivity index (χ3v) is 0.921. The van der Waals surface area contributed by atoms with E-state index in [9.17, 15) is 22.4 Å². The van der Waals surface area contributed by atoms with Crippen LogP contribution in [0.1, 0.15) is 0 Å². The molecule has 0 saturated carbocycles. The number of aldehydes is 1. The highest BCUT2D eigenvalue weighted by Crippen LogP contribution is 2.31. The van der Waals surface area contributed by atoms with Crippen molar-refractivity contribution in [3.8, 4) is 0 Å². The van der Waals surface area contributed by atoms with Crippen LogP contribution in [0.4, 0.5) is 17.6 Å². The highest BCUT2D eigenvalue weighted by atomic mass is 19.4. The van der Waals surface area contributed by atoms with Crippen molar-refractivity contribution in [3.63, 3.8) is 0 Å². The SMILES string of the molecule is O=CC(F)C(O)(O)C(F)(F)F. The molecule has 0 fully saturated rings. The van der Waals surface area contributed by atoms with Gasteiger partial charge in [-0.2, -0.15) is 13.2 Å². The molecule has 0 saturated heterocycles. The molecule has 0 spiro atoms. The van der Waals surface area contributed by atoms with Crippen molar-refractivity contribution in [3.05, 3.63) is 0 Å². The monoisotopic (exact) mass is 176 g/mol. The fourth-order valence-electron chi connectivity index (χ4n) is 0.251. The van der Waals surface area contributed by atoms with Gasteiger partial charge in [-0.3, -0.25) is 4.79 Å². The molecule has 0 aliphatic heterocycles. The third-order valence-electron chi connectivity index (χ3n) is 0.921. The van der Waals surface area contributed by atoms with Gasteiger partial charge in [0.15, 0.2) is 6.29 Å². The van der Waals surface area contributed by atoms with E-state index in [-0.39, 0.29) is 0 Å². The van der Waals surface area contributed by atoms with E-state index in [1.807, 2.05) is 0 Å². The van der Waals surface area contributed by atoms with Gasteiger partial charge in [0.2, 0.25) is 6.17 Å². The molecule has 11 heavy (non-hydrogen) atoms. The lowest BCUT2D eigenvalue weighted by molar-refractivity contribution is -0.362. The van der Waals surface area contributed by atoms with Crippen molar-refractivity contribution < 1.29 is 32.6 Å². The van der Waals surface area contributed by atoms with Crippen LogP contribution in [0.3, 0.4) is 0 Å². The molecular formula is C4H4F4O3. The summed E-state index contributed by atoms with van der Waals surface area (Å²) in [6.07, 6.45) is -9.80. The molecule has 0 aromatic heterocycles. The first-order valence-corrected chi connectivity index (χ1v) is 2.34. The Morgan fingerprint density at radius 2 is 1.64 bits per heavy atom. The molecule has 7 heteroatoms. The average Bonchev–Trinajstić information content (AvgIpc) is 1.83. The van der Waals surface area contributed by atoms with Crippen molar-refractivity contribution in [2.24, 2.45) is 0 Å². The molecule has 0 rings (SSSR count). The summed E-state index contributed by atoms with van der Waals surface area (Å²) in [5.41, 5.74) is 0. The minimum Gasteiger partial charge on any atom is -0.356 e. The summed E-state index contributed by atoms with van der Waals surface area (Å²) >= 11 is 0. The van der Waals surface area contributed by atoms with Crippen molar-refractivity contribution in [1.82, 2.24) is 0 Å². The number of alkyl halides is 4. The Kier molecular flexibility index (Phi) is 2.57. The van der Waals surface area contributed by atoms with Crippen molar-refractivity contribution in [1.29, 1.82) is 0 Å². The van der Waals surface area contributed by atoms with Crippen LogP contribution in [-0.2, 0) is 4.79 Å². The van der Waals surface area contributed by atoms with Crippen molar-refractivity contribution >= 4 is 6.29 Å². The highest BCUT2D eigenvalue weighted by Gasteiger charge is 2.59. The fraction of sp³-hybridized carbons (Fsp3) is 0.750. The summed E-state index contributed by atoms with van der Waals surface area (Å²) in [5, 5.41) is 15.9. The normalized spacial score (nSPS) is 16.2. The molecule has 1 unspecified atom stereocenters. The Balaban J connectivity index is 4.58. The Hall–Kier alpha value is -0.690. The number of carbonyl (C=O) groups is 1. The predicted molar refractivity (Wildman–Crippen MR) is 24.2 cm³/mol. The van der Waals surface area contributed by atoms with Gasteiger partial charge in [-0.05, 0) is 0 Å². The topological polar surface area (TPSA) is 57.5 Å². The number of hydrogen-bond acceptors (Lipinski definition) is 3. The maximum absolute atomic E-state index is 11.8. The van der Waals surface area contributed by atoms with Gasteiger partial charge >= 0.3 is 12.0 Å². The molecule has 0 amide bonds. The predicted octanol–water partition coefficient (Wildman–Crippen LogP) is -0.233. The average molecular weight is 176 g/mol. The van der Waals surface area contributed by atoms with Crippen molar-refractivity contribution in [2.45, 2.75) is 18.1 Å². The van der Waals surface area contributed by atoms with E-state index < -0.39 is 24.4 Å². The molecular weight excluding hydrogens is 172 g/mol. The second-order valence-corrected chi connectivity index (χ2v) is 1.76. The van der Waals surface area contributed by atoms with Crippen LogP contribution in [-0.4, -0.2) is 34.6 Å². The molecule has 0 heterocycles. The number of carbonyl (C=O) groups excluding carboxylic acids is 1. The molecule has 0 bridgehead atoms. The summed E-state index contributed by atoms with van der Waals surface area (Å²) in [5.74, 6) is -4.59. The van der Waals surface area contributed by atoms with E-state index >= 15 is 0 Å². The lowest BCUT2D eigenvalue weighted by Gasteiger charge is -2.24. The maximum atomic E-state index is 11.8. The van der Waals surface area contributed by atoms with E-state index in [1.165, 1.54) is 0 Å².